The van der Waals surface area contributed by atoms with Gasteiger partial charge < -0.3 is 5.32 Å². The monoisotopic (exact) mass is 253 g/mol. The summed E-state index contributed by atoms with van der Waals surface area (Å²) in [4.78, 5) is 0. The van der Waals surface area contributed by atoms with Gasteiger partial charge in [0.25, 0.3) is 0 Å². The highest BCUT2D eigenvalue weighted by Gasteiger charge is 2.05. The van der Waals surface area contributed by atoms with Gasteiger partial charge in [0.15, 0.2) is 0 Å². The highest BCUT2D eigenvalue weighted by Crippen LogP contribution is 2.13. The van der Waals surface area contributed by atoms with E-state index in [-0.39, 0.29) is 0 Å². The van der Waals surface area contributed by atoms with Crippen LogP contribution in [-0.2, 0) is 6.42 Å². The minimum absolute atomic E-state index is 0.692. The lowest BCUT2D eigenvalue weighted by molar-refractivity contribution is 0.447. The second kappa shape index (κ2) is 8.54. The van der Waals surface area contributed by atoms with Crippen LogP contribution in [0.2, 0.25) is 5.02 Å². The average molecular weight is 254 g/mol. The van der Waals surface area contributed by atoms with Crippen LogP contribution in [-0.4, -0.2) is 12.6 Å². The van der Waals surface area contributed by atoms with E-state index in [1.165, 1.54) is 31.2 Å². The van der Waals surface area contributed by atoms with Crippen LogP contribution >= 0.6 is 11.6 Å². The third kappa shape index (κ3) is 6.09. The molecule has 96 valence electrons. The van der Waals surface area contributed by atoms with E-state index in [9.17, 15) is 0 Å². The molecule has 1 N–H and O–H groups in total. The molecule has 1 nitrogen and oxygen atoms in total. The van der Waals surface area contributed by atoms with E-state index in [0.29, 0.717) is 6.04 Å². The summed E-state index contributed by atoms with van der Waals surface area (Å²) in [6, 6.07) is 8.90. The average Bonchev–Trinajstić information content (AvgIpc) is 2.32. The maximum Gasteiger partial charge on any atom is 0.0406 e. The van der Waals surface area contributed by atoms with Crippen LogP contribution in [0.5, 0.6) is 0 Å². The largest absolute Gasteiger partial charge is 0.314 e. The van der Waals surface area contributed by atoms with E-state index in [0.717, 1.165) is 18.0 Å². The molecule has 1 atom stereocenters. The van der Waals surface area contributed by atoms with Crippen LogP contribution in [0.1, 0.15) is 45.1 Å². The van der Waals surface area contributed by atoms with E-state index < -0.39 is 0 Å². The number of hydrogen-bond donors (Lipinski definition) is 1. The number of benzene rings is 1. The molecule has 0 saturated heterocycles. The van der Waals surface area contributed by atoms with Crippen molar-refractivity contribution in [1.82, 2.24) is 5.32 Å². The van der Waals surface area contributed by atoms with Gasteiger partial charge in [0.2, 0.25) is 0 Å². The number of rotatable bonds is 8. The Morgan fingerprint density at radius 1 is 1.12 bits per heavy atom. The zero-order chi connectivity index (χ0) is 12.5. The van der Waals surface area contributed by atoms with Crippen molar-refractivity contribution >= 4 is 11.6 Å². The minimum Gasteiger partial charge on any atom is -0.314 e. The maximum absolute atomic E-state index is 5.87. The fourth-order valence-corrected chi connectivity index (χ4v) is 2.32. The molecule has 0 bridgehead atoms. The van der Waals surface area contributed by atoms with Crippen molar-refractivity contribution in [2.75, 3.05) is 6.54 Å². The van der Waals surface area contributed by atoms with E-state index in [1.54, 1.807) is 0 Å². The summed E-state index contributed by atoms with van der Waals surface area (Å²) in [5, 5.41) is 4.38. The van der Waals surface area contributed by atoms with Crippen LogP contribution in [0.3, 0.4) is 0 Å². The van der Waals surface area contributed by atoms with Crippen LogP contribution in [0.25, 0.3) is 0 Å². The van der Waals surface area contributed by atoms with E-state index in [2.05, 4.69) is 31.3 Å². The smallest absolute Gasteiger partial charge is 0.0406 e. The first kappa shape index (κ1) is 14.5. The third-order valence-corrected chi connectivity index (χ3v) is 3.31. The first-order chi connectivity index (χ1) is 8.26. The molecule has 2 heteroatoms. The molecule has 0 spiro atoms. The predicted molar refractivity (Wildman–Crippen MR) is 76.8 cm³/mol. The SMILES string of the molecule is CCCC(CCCc1ccc(Cl)cc1)NCC. The molecule has 0 amide bonds. The molecule has 1 aromatic carbocycles. The standard InChI is InChI=1S/C15H24ClN/c1-3-6-15(17-4-2)8-5-7-13-9-11-14(16)12-10-13/h9-12,15,17H,3-8H2,1-2H3. The van der Waals surface area contributed by atoms with Gasteiger partial charge in [-0.05, 0) is 49.9 Å². The van der Waals surface area contributed by atoms with Gasteiger partial charge in [-0.3, -0.25) is 0 Å². The summed E-state index contributed by atoms with van der Waals surface area (Å²) in [7, 11) is 0. The first-order valence-electron chi connectivity index (χ1n) is 6.74. The predicted octanol–water partition coefficient (Wildman–Crippen LogP) is 4.44. The summed E-state index contributed by atoms with van der Waals surface area (Å²) in [5.74, 6) is 0. The fraction of sp³-hybridized carbons (Fsp3) is 0.600. The van der Waals surface area contributed by atoms with E-state index in [1.807, 2.05) is 12.1 Å². The van der Waals surface area contributed by atoms with Crippen LogP contribution in [0, 0.1) is 0 Å². The van der Waals surface area contributed by atoms with Crippen LogP contribution < -0.4 is 5.32 Å². The highest BCUT2D eigenvalue weighted by molar-refractivity contribution is 6.30. The molecular weight excluding hydrogens is 230 g/mol. The molecular formula is C15H24ClN. The molecule has 0 saturated carbocycles. The van der Waals surface area contributed by atoms with Gasteiger partial charge in [-0.2, -0.15) is 0 Å². The van der Waals surface area contributed by atoms with Crippen molar-refractivity contribution in [1.29, 1.82) is 0 Å². The van der Waals surface area contributed by atoms with Gasteiger partial charge in [-0.25, -0.2) is 0 Å². The van der Waals surface area contributed by atoms with Gasteiger partial charge >= 0.3 is 0 Å². The molecule has 0 fully saturated rings. The Hall–Kier alpha value is -0.530. The van der Waals surface area contributed by atoms with Crippen molar-refractivity contribution in [3.63, 3.8) is 0 Å². The Bertz CT molecular complexity index is 288. The number of nitrogens with one attached hydrogen (secondary N) is 1. The second-order valence-corrected chi connectivity index (χ2v) is 5.00. The summed E-state index contributed by atoms with van der Waals surface area (Å²) < 4.78 is 0. The first-order valence-corrected chi connectivity index (χ1v) is 7.11. The molecule has 0 aliphatic heterocycles. The Morgan fingerprint density at radius 3 is 2.41 bits per heavy atom. The molecule has 1 unspecified atom stereocenters. The fourth-order valence-electron chi connectivity index (χ4n) is 2.19. The molecule has 1 aromatic rings. The quantitative estimate of drug-likeness (QED) is 0.722. The molecule has 0 aromatic heterocycles. The number of aryl methyl sites for hydroxylation is 1. The number of halogens is 1. The lowest BCUT2D eigenvalue weighted by atomic mass is 10.0. The topological polar surface area (TPSA) is 12.0 Å². The molecule has 1 rings (SSSR count). The highest BCUT2D eigenvalue weighted by atomic mass is 35.5. The Labute approximate surface area is 111 Å². The lowest BCUT2D eigenvalue weighted by Crippen LogP contribution is -2.28. The third-order valence-electron chi connectivity index (χ3n) is 3.06. The maximum atomic E-state index is 5.87. The molecule has 0 heterocycles. The zero-order valence-electron chi connectivity index (χ0n) is 11.0. The Balaban J connectivity index is 2.27. The molecule has 0 radical (unpaired) electrons. The zero-order valence-corrected chi connectivity index (χ0v) is 11.8. The Morgan fingerprint density at radius 2 is 1.82 bits per heavy atom. The van der Waals surface area contributed by atoms with Crippen LogP contribution in [0.15, 0.2) is 24.3 Å². The molecule has 17 heavy (non-hydrogen) atoms. The van der Waals surface area contributed by atoms with Crippen molar-refractivity contribution in [2.24, 2.45) is 0 Å². The van der Waals surface area contributed by atoms with Gasteiger partial charge in [0, 0.05) is 11.1 Å². The van der Waals surface area contributed by atoms with Crippen molar-refractivity contribution in [3.05, 3.63) is 34.9 Å². The lowest BCUT2D eigenvalue weighted by Gasteiger charge is -2.16. The summed E-state index contributed by atoms with van der Waals surface area (Å²) in [6.07, 6.45) is 6.22. The van der Waals surface area contributed by atoms with Gasteiger partial charge in [0.05, 0.1) is 0 Å². The van der Waals surface area contributed by atoms with Gasteiger partial charge in [-0.1, -0.05) is 44.0 Å². The molecule has 0 aliphatic rings. The van der Waals surface area contributed by atoms with Crippen molar-refractivity contribution in [3.8, 4) is 0 Å². The van der Waals surface area contributed by atoms with Gasteiger partial charge in [-0.15, -0.1) is 0 Å². The summed E-state index contributed by atoms with van der Waals surface area (Å²) in [5.41, 5.74) is 1.39. The number of hydrogen-bond acceptors (Lipinski definition) is 1. The van der Waals surface area contributed by atoms with Gasteiger partial charge in [0.1, 0.15) is 0 Å². The van der Waals surface area contributed by atoms with E-state index in [4.69, 9.17) is 11.6 Å². The summed E-state index contributed by atoms with van der Waals surface area (Å²) >= 11 is 5.87. The molecule has 0 aliphatic carbocycles. The second-order valence-electron chi connectivity index (χ2n) is 4.56. The summed E-state index contributed by atoms with van der Waals surface area (Å²) in [6.45, 7) is 5.51. The van der Waals surface area contributed by atoms with Crippen LogP contribution in [0.4, 0.5) is 0 Å². The van der Waals surface area contributed by atoms with E-state index >= 15 is 0 Å². The minimum atomic E-state index is 0.692. The normalized spacial score (nSPS) is 12.6. The van der Waals surface area contributed by atoms with Crippen molar-refractivity contribution < 1.29 is 0 Å². The van der Waals surface area contributed by atoms with Crippen molar-refractivity contribution in [2.45, 2.75) is 52.0 Å². The Kier molecular flexibility index (Phi) is 7.30.